The highest BCUT2D eigenvalue weighted by Gasteiger charge is 2.15. The first kappa shape index (κ1) is 14.4. The van der Waals surface area contributed by atoms with E-state index in [1.807, 2.05) is 0 Å². The van der Waals surface area contributed by atoms with E-state index < -0.39 is 0 Å². The van der Waals surface area contributed by atoms with Gasteiger partial charge in [-0.05, 0) is 37.8 Å². The molecule has 0 saturated heterocycles. The van der Waals surface area contributed by atoms with Crippen molar-refractivity contribution in [3.63, 3.8) is 0 Å². The number of hydrogen-bond donors (Lipinski definition) is 1. The summed E-state index contributed by atoms with van der Waals surface area (Å²) in [5.41, 5.74) is 2.55. The quantitative estimate of drug-likeness (QED) is 0.833. The molecule has 0 unspecified atom stereocenters. The van der Waals surface area contributed by atoms with Crippen LogP contribution in [0.25, 0.3) is 0 Å². The second kappa shape index (κ2) is 7.54. The van der Waals surface area contributed by atoms with E-state index in [1.165, 1.54) is 43.2 Å². The molecule has 1 aliphatic carbocycles. The van der Waals surface area contributed by atoms with Crippen LogP contribution < -0.4 is 10.1 Å². The second-order valence-corrected chi connectivity index (χ2v) is 5.66. The Bertz CT molecular complexity index is 383. The van der Waals surface area contributed by atoms with E-state index in [2.05, 4.69) is 37.4 Å². The molecule has 106 valence electrons. The van der Waals surface area contributed by atoms with Crippen LogP contribution in [0.15, 0.2) is 18.2 Å². The molecule has 0 spiro atoms. The van der Waals surface area contributed by atoms with E-state index in [0.29, 0.717) is 0 Å². The lowest BCUT2D eigenvalue weighted by molar-refractivity contribution is 0.206. The molecule has 0 amide bonds. The minimum atomic E-state index is 0.764. The monoisotopic (exact) mass is 261 g/mol. The average Bonchev–Trinajstić information content (AvgIpc) is 2.45. The Balaban J connectivity index is 1.96. The fourth-order valence-corrected chi connectivity index (χ4v) is 2.87. The smallest absolute Gasteiger partial charge is 0.126 e. The number of nitrogens with one attached hydrogen (secondary N) is 1. The van der Waals surface area contributed by atoms with Gasteiger partial charge in [0.25, 0.3) is 0 Å². The van der Waals surface area contributed by atoms with Crippen LogP contribution in [0.5, 0.6) is 5.75 Å². The van der Waals surface area contributed by atoms with Crippen molar-refractivity contribution in [3.8, 4) is 5.75 Å². The minimum absolute atomic E-state index is 0.764. The minimum Gasteiger partial charge on any atom is -0.493 e. The van der Waals surface area contributed by atoms with Gasteiger partial charge in [0.1, 0.15) is 5.75 Å². The first-order valence-electron chi connectivity index (χ1n) is 7.73. The molecule has 1 aliphatic rings. The Labute approximate surface area is 117 Å². The third-order valence-corrected chi connectivity index (χ3v) is 4.05. The SMILES string of the molecule is CCNCc1cccc(C)c1OCC1CCCCC1. The molecule has 2 nitrogen and oxygen atoms in total. The lowest BCUT2D eigenvalue weighted by atomic mass is 9.90. The average molecular weight is 261 g/mol. The molecule has 0 radical (unpaired) electrons. The van der Waals surface area contributed by atoms with Crippen molar-refractivity contribution in [1.29, 1.82) is 0 Å². The lowest BCUT2D eigenvalue weighted by Crippen LogP contribution is -2.18. The third kappa shape index (κ3) is 4.24. The summed E-state index contributed by atoms with van der Waals surface area (Å²) in [5, 5.41) is 3.39. The molecule has 1 saturated carbocycles. The molecule has 0 atom stereocenters. The highest BCUT2D eigenvalue weighted by molar-refractivity contribution is 5.40. The van der Waals surface area contributed by atoms with Gasteiger partial charge in [0.15, 0.2) is 0 Å². The molecule has 1 aromatic carbocycles. The number of rotatable bonds is 6. The van der Waals surface area contributed by atoms with Gasteiger partial charge in [0.2, 0.25) is 0 Å². The number of benzene rings is 1. The molecule has 1 fully saturated rings. The Kier molecular flexibility index (Phi) is 5.71. The predicted molar refractivity (Wildman–Crippen MR) is 80.6 cm³/mol. The van der Waals surface area contributed by atoms with Crippen molar-refractivity contribution < 1.29 is 4.74 Å². The van der Waals surface area contributed by atoms with Crippen LogP contribution in [0.1, 0.15) is 50.2 Å². The highest BCUT2D eigenvalue weighted by Crippen LogP contribution is 2.28. The van der Waals surface area contributed by atoms with Crippen molar-refractivity contribution in [1.82, 2.24) is 5.32 Å². The zero-order valence-electron chi connectivity index (χ0n) is 12.4. The topological polar surface area (TPSA) is 21.3 Å². The van der Waals surface area contributed by atoms with E-state index in [1.54, 1.807) is 0 Å². The molecule has 0 aliphatic heterocycles. The maximum Gasteiger partial charge on any atom is 0.126 e. The normalized spacial score (nSPS) is 16.5. The zero-order chi connectivity index (χ0) is 13.5. The summed E-state index contributed by atoms with van der Waals surface area (Å²) in [5.74, 6) is 1.87. The number of ether oxygens (including phenoxy) is 1. The van der Waals surface area contributed by atoms with Crippen molar-refractivity contribution in [2.45, 2.75) is 52.5 Å². The van der Waals surface area contributed by atoms with Gasteiger partial charge in [-0.15, -0.1) is 0 Å². The summed E-state index contributed by atoms with van der Waals surface area (Å²) in [6.45, 7) is 7.07. The van der Waals surface area contributed by atoms with Gasteiger partial charge in [-0.3, -0.25) is 0 Å². The van der Waals surface area contributed by atoms with Crippen LogP contribution in [0.4, 0.5) is 0 Å². The first-order chi connectivity index (χ1) is 9.31. The molecule has 0 heterocycles. The van der Waals surface area contributed by atoms with Crippen molar-refractivity contribution in [3.05, 3.63) is 29.3 Å². The Morgan fingerprint density at radius 1 is 1.21 bits per heavy atom. The second-order valence-electron chi connectivity index (χ2n) is 5.66. The summed E-state index contributed by atoms with van der Waals surface area (Å²) in [7, 11) is 0. The highest BCUT2D eigenvalue weighted by atomic mass is 16.5. The van der Waals surface area contributed by atoms with E-state index in [4.69, 9.17) is 4.74 Å². The van der Waals surface area contributed by atoms with Gasteiger partial charge in [-0.25, -0.2) is 0 Å². The summed E-state index contributed by atoms with van der Waals surface area (Å²) >= 11 is 0. The summed E-state index contributed by atoms with van der Waals surface area (Å²) < 4.78 is 6.16. The summed E-state index contributed by atoms with van der Waals surface area (Å²) in [4.78, 5) is 0. The molecule has 2 heteroatoms. The van der Waals surface area contributed by atoms with Gasteiger partial charge in [0.05, 0.1) is 6.61 Å². The van der Waals surface area contributed by atoms with E-state index in [9.17, 15) is 0 Å². The fraction of sp³-hybridized carbons (Fsp3) is 0.647. The lowest BCUT2D eigenvalue weighted by Gasteiger charge is -2.23. The third-order valence-electron chi connectivity index (χ3n) is 4.05. The van der Waals surface area contributed by atoms with Crippen molar-refractivity contribution >= 4 is 0 Å². The van der Waals surface area contributed by atoms with Crippen molar-refractivity contribution in [2.75, 3.05) is 13.2 Å². The Morgan fingerprint density at radius 2 is 2.00 bits per heavy atom. The molecular formula is C17H27NO. The molecule has 0 bridgehead atoms. The molecule has 1 N–H and O–H groups in total. The Morgan fingerprint density at radius 3 is 2.74 bits per heavy atom. The van der Waals surface area contributed by atoms with Crippen LogP contribution in [-0.2, 0) is 6.54 Å². The van der Waals surface area contributed by atoms with Gasteiger partial charge < -0.3 is 10.1 Å². The number of aryl methyl sites for hydroxylation is 1. The van der Waals surface area contributed by atoms with Crippen LogP contribution in [0.2, 0.25) is 0 Å². The van der Waals surface area contributed by atoms with Gasteiger partial charge >= 0.3 is 0 Å². The van der Waals surface area contributed by atoms with Gasteiger partial charge in [-0.2, -0.15) is 0 Å². The maximum absolute atomic E-state index is 6.16. The Hall–Kier alpha value is -1.02. The van der Waals surface area contributed by atoms with Crippen LogP contribution in [-0.4, -0.2) is 13.2 Å². The molecule has 0 aromatic heterocycles. The molecule has 1 aromatic rings. The fourth-order valence-electron chi connectivity index (χ4n) is 2.87. The standard InChI is InChI=1S/C17H27NO/c1-3-18-12-16-11-7-8-14(2)17(16)19-13-15-9-5-4-6-10-15/h7-8,11,15,18H,3-6,9-10,12-13H2,1-2H3. The predicted octanol–water partition coefficient (Wildman–Crippen LogP) is 4.06. The summed E-state index contributed by atoms with van der Waals surface area (Å²) in [6.07, 6.45) is 6.85. The van der Waals surface area contributed by atoms with Crippen LogP contribution >= 0.6 is 0 Å². The van der Waals surface area contributed by atoms with Crippen LogP contribution in [0, 0.1) is 12.8 Å². The molecule has 19 heavy (non-hydrogen) atoms. The van der Waals surface area contributed by atoms with E-state index in [-0.39, 0.29) is 0 Å². The summed E-state index contributed by atoms with van der Waals surface area (Å²) in [6, 6.07) is 6.44. The molecular weight excluding hydrogens is 234 g/mol. The number of hydrogen-bond acceptors (Lipinski definition) is 2. The van der Waals surface area contributed by atoms with E-state index >= 15 is 0 Å². The maximum atomic E-state index is 6.16. The van der Waals surface area contributed by atoms with Gasteiger partial charge in [-0.1, -0.05) is 44.4 Å². The number of para-hydroxylation sites is 1. The van der Waals surface area contributed by atoms with Crippen molar-refractivity contribution in [2.24, 2.45) is 5.92 Å². The largest absolute Gasteiger partial charge is 0.493 e. The van der Waals surface area contributed by atoms with Crippen LogP contribution in [0.3, 0.4) is 0 Å². The first-order valence-corrected chi connectivity index (χ1v) is 7.73. The zero-order valence-corrected chi connectivity index (χ0v) is 12.4. The van der Waals surface area contributed by atoms with E-state index in [0.717, 1.165) is 31.4 Å². The van der Waals surface area contributed by atoms with Gasteiger partial charge in [0, 0.05) is 12.1 Å². The molecule has 2 rings (SSSR count).